The molecule has 3 N–H and O–H groups in total. The first kappa shape index (κ1) is 7.50. The molecule has 1 heterocycles. The van der Waals surface area contributed by atoms with Crippen LogP contribution in [0.25, 0.3) is 0 Å². The molecule has 1 amide bonds. The van der Waals surface area contributed by atoms with Gasteiger partial charge in [-0.15, -0.1) is 0 Å². The van der Waals surface area contributed by atoms with Gasteiger partial charge in [-0.2, -0.15) is 0 Å². The van der Waals surface area contributed by atoms with Crippen molar-refractivity contribution in [2.24, 2.45) is 11.8 Å². The van der Waals surface area contributed by atoms with Gasteiger partial charge in [0.15, 0.2) is 0 Å². The Morgan fingerprint density at radius 1 is 1.80 bits per heavy atom. The first-order chi connectivity index (χ1) is 4.72. The van der Waals surface area contributed by atoms with Crippen molar-refractivity contribution in [1.29, 1.82) is 0 Å². The summed E-state index contributed by atoms with van der Waals surface area (Å²) in [7, 11) is 2.04. The predicted octanol–water partition coefficient (Wildman–Crippen LogP) is -1.07. The number of amides is 1. The zero-order valence-electron chi connectivity index (χ0n) is 6.13. The molecule has 0 aliphatic carbocycles. The van der Waals surface area contributed by atoms with Crippen LogP contribution in [0.4, 0.5) is 0 Å². The molecule has 0 atom stereocenters. The van der Waals surface area contributed by atoms with Gasteiger partial charge in [0.1, 0.15) is 0 Å². The summed E-state index contributed by atoms with van der Waals surface area (Å²) >= 11 is 0. The molecule has 1 aliphatic heterocycles. The van der Waals surface area contributed by atoms with E-state index in [-0.39, 0.29) is 5.91 Å². The van der Waals surface area contributed by atoms with E-state index in [1.165, 1.54) is 0 Å². The van der Waals surface area contributed by atoms with Gasteiger partial charge in [0.2, 0.25) is 5.91 Å². The summed E-state index contributed by atoms with van der Waals surface area (Å²) in [6.45, 7) is 2.04. The lowest BCUT2D eigenvalue weighted by Gasteiger charge is -2.35. The van der Waals surface area contributed by atoms with Crippen LogP contribution in [0.1, 0.15) is 6.42 Å². The molecule has 1 aliphatic rings. The van der Waals surface area contributed by atoms with E-state index < -0.39 is 0 Å². The molecule has 1 rings (SSSR count). The summed E-state index contributed by atoms with van der Waals surface area (Å²) in [5, 5.41) is 0. The lowest BCUT2D eigenvalue weighted by atomic mass is 9.97. The number of nitrogens with one attached hydrogen (secondary N) is 1. The Labute approximate surface area is 60.3 Å². The van der Waals surface area contributed by atoms with Crippen molar-refractivity contribution >= 4 is 5.91 Å². The van der Waals surface area contributed by atoms with Crippen molar-refractivity contribution in [3.05, 3.63) is 0 Å². The molecule has 0 aromatic carbocycles. The average Bonchev–Trinajstić information content (AvgIpc) is 1.84. The standard InChI is InChI=1S/C6H13N3O/c1-9-3-5(4-9)2-6(10)8-7/h5H,2-4,7H2,1H3,(H,8,10). The molecule has 0 bridgehead atoms. The number of carbonyl (C=O) groups is 1. The van der Waals surface area contributed by atoms with Gasteiger partial charge in [-0.25, -0.2) is 5.84 Å². The zero-order chi connectivity index (χ0) is 7.56. The minimum absolute atomic E-state index is 0.0573. The molecule has 0 unspecified atom stereocenters. The minimum Gasteiger partial charge on any atom is -0.306 e. The summed E-state index contributed by atoms with van der Waals surface area (Å²) in [4.78, 5) is 12.8. The lowest BCUT2D eigenvalue weighted by molar-refractivity contribution is -0.123. The second-order valence-electron chi connectivity index (χ2n) is 2.86. The Balaban J connectivity index is 2.10. The molecule has 0 saturated carbocycles. The predicted molar refractivity (Wildman–Crippen MR) is 37.9 cm³/mol. The average molecular weight is 143 g/mol. The maximum atomic E-state index is 10.7. The van der Waals surface area contributed by atoms with E-state index in [1.807, 2.05) is 7.05 Å². The zero-order valence-corrected chi connectivity index (χ0v) is 6.13. The van der Waals surface area contributed by atoms with Crippen molar-refractivity contribution in [3.8, 4) is 0 Å². The fourth-order valence-corrected chi connectivity index (χ4v) is 1.28. The van der Waals surface area contributed by atoms with Gasteiger partial charge >= 0.3 is 0 Å². The van der Waals surface area contributed by atoms with Gasteiger partial charge in [0.05, 0.1) is 0 Å². The van der Waals surface area contributed by atoms with Crippen LogP contribution in [0.3, 0.4) is 0 Å². The van der Waals surface area contributed by atoms with Gasteiger partial charge in [0.25, 0.3) is 0 Å². The lowest BCUT2D eigenvalue weighted by Crippen LogP contribution is -2.46. The van der Waals surface area contributed by atoms with E-state index in [1.54, 1.807) is 0 Å². The first-order valence-electron chi connectivity index (χ1n) is 3.40. The molecule has 1 saturated heterocycles. The van der Waals surface area contributed by atoms with Crippen LogP contribution in [0.5, 0.6) is 0 Å². The highest BCUT2D eigenvalue weighted by molar-refractivity contribution is 5.75. The maximum absolute atomic E-state index is 10.7. The molecule has 58 valence electrons. The molecule has 4 nitrogen and oxygen atoms in total. The van der Waals surface area contributed by atoms with Crippen LogP contribution in [0.15, 0.2) is 0 Å². The SMILES string of the molecule is CN1CC(CC(=O)NN)C1. The van der Waals surface area contributed by atoms with Crippen molar-refractivity contribution in [3.63, 3.8) is 0 Å². The van der Waals surface area contributed by atoms with Crippen molar-refractivity contribution < 1.29 is 4.79 Å². The normalized spacial score (nSPS) is 20.2. The van der Waals surface area contributed by atoms with Crippen LogP contribution in [-0.2, 0) is 4.79 Å². The number of rotatable bonds is 2. The summed E-state index contributed by atoms with van der Waals surface area (Å²) in [5.74, 6) is 5.39. The van der Waals surface area contributed by atoms with Crippen molar-refractivity contribution in [1.82, 2.24) is 10.3 Å². The smallest absolute Gasteiger partial charge is 0.234 e. The summed E-state index contributed by atoms with van der Waals surface area (Å²) in [6.07, 6.45) is 0.570. The van der Waals surface area contributed by atoms with Gasteiger partial charge in [-0.3, -0.25) is 10.2 Å². The third kappa shape index (κ3) is 1.68. The molecular weight excluding hydrogens is 130 g/mol. The topological polar surface area (TPSA) is 58.4 Å². The van der Waals surface area contributed by atoms with Crippen LogP contribution >= 0.6 is 0 Å². The largest absolute Gasteiger partial charge is 0.306 e. The van der Waals surface area contributed by atoms with Crippen LogP contribution < -0.4 is 11.3 Å². The first-order valence-corrected chi connectivity index (χ1v) is 3.40. The van der Waals surface area contributed by atoms with Gasteiger partial charge < -0.3 is 4.90 Å². The Hall–Kier alpha value is -0.610. The fraction of sp³-hybridized carbons (Fsp3) is 0.833. The highest BCUT2D eigenvalue weighted by atomic mass is 16.2. The Morgan fingerprint density at radius 3 is 2.80 bits per heavy atom. The second-order valence-corrected chi connectivity index (χ2v) is 2.86. The quantitative estimate of drug-likeness (QED) is 0.294. The van der Waals surface area contributed by atoms with Crippen LogP contribution in [0, 0.1) is 5.92 Å². The van der Waals surface area contributed by atoms with Crippen molar-refractivity contribution in [2.75, 3.05) is 20.1 Å². The number of hydrazine groups is 1. The third-order valence-electron chi connectivity index (χ3n) is 1.77. The highest BCUT2D eigenvalue weighted by Crippen LogP contribution is 2.15. The number of hydrogen-bond donors (Lipinski definition) is 2. The molecular formula is C6H13N3O. The molecule has 4 heteroatoms. The summed E-state index contributed by atoms with van der Waals surface area (Å²) in [6, 6.07) is 0. The van der Waals surface area contributed by atoms with E-state index in [4.69, 9.17) is 5.84 Å². The summed E-state index contributed by atoms with van der Waals surface area (Å²) in [5.41, 5.74) is 2.12. The molecule has 1 fully saturated rings. The van der Waals surface area contributed by atoms with Gasteiger partial charge in [-0.05, 0) is 13.0 Å². The van der Waals surface area contributed by atoms with E-state index in [9.17, 15) is 4.79 Å². The number of carbonyl (C=O) groups excluding carboxylic acids is 1. The number of nitrogens with two attached hydrogens (primary N) is 1. The van der Waals surface area contributed by atoms with Gasteiger partial charge in [-0.1, -0.05) is 0 Å². The van der Waals surface area contributed by atoms with E-state index in [2.05, 4.69) is 10.3 Å². The number of hydrogen-bond acceptors (Lipinski definition) is 3. The third-order valence-corrected chi connectivity index (χ3v) is 1.77. The molecule has 0 spiro atoms. The summed E-state index contributed by atoms with van der Waals surface area (Å²) < 4.78 is 0. The maximum Gasteiger partial charge on any atom is 0.234 e. The van der Waals surface area contributed by atoms with Crippen LogP contribution in [-0.4, -0.2) is 30.9 Å². The monoisotopic (exact) mass is 143 g/mol. The molecule has 0 aromatic heterocycles. The second kappa shape index (κ2) is 2.98. The van der Waals surface area contributed by atoms with E-state index in [0.29, 0.717) is 12.3 Å². The Morgan fingerprint density at radius 2 is 2.40 bits per heavy atom. The Kier molecular flexibility index (Phi) is 2.24. The highest BCUT2D eigenvalue weighted by Gasteiger charge is 2.24. The van der Waals surface area contributed by atoms with Crippen LogP contribution in [0.2, 0.25) is 0 Å². The molecule has 0 aromatic rings. The van der Waals surface area contributed by atoms with E-state index in [0.717, 1.165) is 13.1 Å². The van der Waals surface area contributed by atoms with Crippen molar-refractivity contribution in [2.45, 2.75) is 6.42 Å². The van der Waals surface area contributed by atoms with E-state index >= 15 is 0 Å². The minimum atomic E-state index is -0.0573. The number of nitrogens with zero attached hydrogens (tertiary/aromatic N) is 1. The van der Waals surface area contributed by atoms with Gasteiger partial charge in [0, 0.05) is 19.5 Å². The molecule has 10 heavy (non-hydrogen) atoms. The molecule has 0 radical (unpaired) electrons. The number of likely N-dealkylation sites (tertiary alicyclic amines) is 1. The fourth-order valence-electron chi connectivity index (χ4n) is 1.28. The Bertz CT molecular complexity index is 131.